The monoisotopic (exact) mass is 319 g/mol. The van der Waals surface area contributed by atoms with Gasteiger partial charge in [0.25, 0.3) is 0 Å². The van der Waals surface area contributed by atoms with E-state index in [4.69, 9.17) is 0 Å². The Bertz CT molecular complexity index is 855. The molecular formula is C19H21N5. The highest BCUT2D eigenvalue weighted by molar-refractivity contribution is 5.75. The molecule has 0 aliphatic carbocycles. The third kappa shape index (κ3) is 3.15. The summed E-state index contributed by atoms with van der Waals surface area (Å²) in [5.41, 5.74) is 4.10. The average molecular weight is 319 g/mol. The number of benzene rings is 1. The van der Waals surface area contributed by atoms with E-state index < -0.39 is 0 Å². The molecule has 5 heteroatoms. The van der Waals surface area contributed by atoms with Crippen LogP contribution < -0.4 is 10.2 Å². The van der Waals surface area contributed by atoms with Crippen molar-refractivity contribution >= 4 is 22.7 Å². The Kier molecular flexibility index (Phi) is 3.99. The molecule has 3 heterocycles. The largest absolute Gasteiger partial charge is 0.365 e. The van der Waals surface area contributed by atoms with Crippen molar-refractivity contribution in [3.8, 4) is 0 Å². The maximum atomic E-state index is 4.68. The Morgan fingerprint density at radius 1 is 1.04 bits per heavy atom. The molecule has 24 heavy (non-hydrogen) atoms. The summed E-state index contributed by atoms with van der Waals surface area (Å²) in [6.07, 6.45) is 4.31. The van der Waals surface area contributed by atoms with Crippen molar-refractivity contribution < 1.29 is 0 Å². The summed E-state index contributed by atoms with van der Waals surface area (Å²) < 4.78 is 0. The number of anilines is 2. The summed E-state index contributed by atoms with van der Waals surface area (Å²) in [6.45, 7) is 5.00. The minimum Gasteiger partial charge on any atom is -0.365 e. The minimum atomic E-state index is 0.719. The number of hydrogen-bond acceptors (Lipinski definition) is 5. The van der Waals surface area contributed by atoms with Crippen LogP contribution in [0, 0.1) is 6.92 Å². The van der Waals surface area contributed by atoms with Crippen LogP contribution in [0.25, 0.3) is 11.0 Å². The highest BCUT2D eigenvalue weighted by atomic mass is 15.2. The molecule has 0 spiro atoms. The van der Waals surface area contributed by atoms with Crippen molar-refractivity contribution in [2.24, 2.45) is 0 Å². The van der Waals surface area contributed by atoms with Gasteiger partial charge in [-0.1, -0.05) is 12.1 Å². The van der Waals surface area contributed by atoms with Crippen LogP contribution in [0.1, 0.15) is 24.1 Å². The summed E-state index contributed by atoms with van der Waals surface area (Å²) in [6, 6.07) is 12.2. The molecule has 1 N–H and O–H groups in total. The van der Waals surface area contributed by atoms with Crippen LogP contribution in [0.5, 0.6) is 0 Å². The number of rotatable bonds is 4. The highest BCUT2D eigenvalue weighted by Crippen LogP contribution is 2.20. The van der Waals surface area contributed by atoms with Crippen LogP contribution >= 0.6 is 0 Å². The summed E-state index contributed by atoms with van der Waals surface area (Å²) in [7, 11) is 0. The smallest absolute Gasteiger partial charge is 0.145 e. The third-order valence-corrected chi connectivity index (χ3v) is 4.35. The number of fused-ring (bicyclic) bond motifs is 1. The fraction of sp³-hybridized carbons (Fsp3) is 0.316. The van der Waals surface area contributed by atoms with E-state index in [0.29, 0.717) is 0 Å². The fourth-order valence-electron chi connectivity index (χ4n) is 3.17. The lowest BCUT2D eigenvalue weighted by atomic mass is 10.2. The molecule has 1 aromatic carbocycles. The molecule has 2 aromatic heterocycles. The number of nitrogens with zero attached hydrogens (tertiary/aromatic N) is 4. The number of pyridine rings is 1. The standard InChI is InChI=1S/C19H21N5/c1-14-10-15(11-19(22-14)24-8-4-5-9-24)12-21-18-13-20-16-6-2-3-7-17(16)23-18/h2-3,6-7,10-11,13H,4-5,8-9,12H2,1H3,(H,21,23). The van der Waals surface area contributed by atoms with E-state index in [0.717, 1.165) is 48.0 Å². The van der Waals surface area contributed by atoms with Gasteiger partial charge in [0.15, 0.2) is 0 Å². The van der Waals surface area contributed by atoms with E-state index in [1.807, 2.05) is 24.3 Å². The zero-order valence-corrected chi connectivity index (χ0v) is 13.9. The molecule has 0 amide bonds. The van der Waals surface area contributed by atoms with Gasteiger partial charge in [-0.15, -0.1) is 0 Å². The van der Waals surface area contributed by atoms with Gasteiger partial charge in [-0.2, -0.15) is 0 Å². The Hall–Kier alpha value is -2.69. The van der Waals surface area contributed by atoms with Gasteiger partial charge < -0.3 is 10.2 Å². The normalized spacial score (nSPS) is 14.3. The predicted molar refractivity (Wildman–Crippen MR) is 97.3 cm³/mol. The average Bonchev–Trinajstić information content (AvgIpc) is 3.14. The van der Waals surface area contributed by atoms with Gasteiger partial charge >= 0.3 is 0 Å². The lowest BCUT2D eigenvalue weighted by Gasteiger charge is -2.18. The summed E-state index contributed by atoms with van der Waals surface area (Å²) >= 11 is 0. The topological polar surface area (TPSA) is 53.9 Å². The summed E-state index contributed by atoms with van der Waals surface area (Å²) in [5.74, 6) is 1.89. The molecular weight excluding hydrogens is 298 g/mol. The van der Waals surface area contributed by atoms with Gasteiger partial charge in [0.2, 0.25) is 0 Å². The van der Waals surface area contributed by atoms with E-state index in [1.54, 1.807) is 6.20 Å². The first-order valence-electron chi connectivity index (χ1n) is 8.46. The molecule has 0 saturated carbocycles. The van der Waals surface area contributed by atoms with Crippen LogP contribution in [0.3, 0.4) is 0 Å². The molecule has 1 aliphatic rings. The Morgan fingerprint density at radius 2 is 1.83 bits per heavy atom. The van der Waals surface area contributed by atoms with Crippen LogP contribution in [-0.4, -0.2) is 28.0 Å². The molecule has 4 rings (SSSR count). The Morgan fingerprint density at radius 3 is 2.67 bits per heavy atom. The van der Waals surface area contributed by atoms with Crippen molar-refractivity contribution in [2.75, 3.05) is 23.3 Å². The maximum Gasteiger partial charge on any atom is 0.145 e. The summed E-state index contributed by atoms with van der Waals surface area (Å²) in [5, 5.41) is 3.38. The quantitative estimate of drug-likeness (QED) is 0.797. The van der Waals surface area contributed by atoms with Crippen molar-refractivity contribution in [3.05, 3.63) is 53.9 Å². The van der Waals surface area contributed by atoms with Crippen molar-refractivity contribution in [3.63, 3.8) is 0 Å². The first-order chi connectivity index (χ1) is 11.8. The van der Waals surface area contributed by atoms with Crippen LogP contribution in [-0.2, 0) is 6.54 Å². The van der Waals surface area contributed by atoms with Crippen LogP contribution in [0.15, 0.2) is 42.6 Å². The van der Waals surface area contributed by atoms with Crippen LogP contribution in [0.4, 0.5) is 11.6 Å². The number of aryl methyl sites for hydroxylation is 1. The zero-order valence-electron chi connectivity index (χ0n) is 13.9. The van der Waals surface area contributed by atoms with Gasteiger partial charge in [-0.05, 0) is 49.6 Å². The second kappa shape index (κ2) is 6.43. The lowest BCUT2D eigenvalue weighted by molar-refractivity contribution is 0.921. The van der Waals surface area contributed by atoms with E-state index in [1.165, 1.54) is 18.4 Å². The molecule has 122 valence electrons. The molecule has 5 nitrogen and oxygen atoms in total. The number of aromatic nitrogens is 3. The molecule has 0 radical (unpaired) electrons. The van der Waals surface area contributed by atoms with Crippen molar-refractivity contribution in [1.82, 2.24) is 15.0 Å². The van der Waals surface area contributed by atoms with Gasteiger partial charge in [0, 0.05) is 25.3 Å². The van der Waals surface area contributed by atoms with Gasteiger partial charge in [-0.3, -0.25) is 4.98 Å². The molecule has 1 saturated heterocycles. The molecule has 1 fully saturated rings. The number of hydrogen-bond donors (Lipinski definition) is 1. The van der Waals surface area contributed by atoms with Gasteiger partial charge in [-0.25, -0.2) is 9.97 Å². The Labute approximate surface area is 141 Å². The predicted octanol–water partition coefficient (Wildman–Crippen LogP) is 3.55. The third-order valence-electron chi connectivity index (χ3n) is 4.35. The van der Waals surface area contributed by atoms with Gasteiger partial charge in [0.05, 0.1) is 17.2 Å². The van der Waals surface area contributed by atoms with E-state index in [9.17, 15) is 0 Å². The second-order valence-electron chi connectivity index (χ2n) is 6.27. The van der Waals surface area contributed by atoms with Crippen LogP contribution in [0.2, 0.25) is 0 Å². The Balaban J connectivity index is 1.51. The second-order valence-corrected chi connectivity index (χ2v) is 6.27. The molecule has 0 unspecified atom stereocenters. The minimum absolute atomic E-state index is 0.719. The van der Waals surface area contributed by atoms with Crippen molar-refractivity contribution in [2.45, 2.75) is 26.3 Å². The molecule has 3 aromatic rings. The number of para-hydroxylation sites is 2. The van der Waals surface area contributed by atoms with E-state index >= 15 is 0 Å². The first kappa shape index (κ1) is 14.9. The van der Waals surface area contributed by atoms with Crippen molar-refractivity contribution in [1.29, 1.82) is 0 Å². The number of nitrogens with one attached hydrogen (secondary N) is 1. The first-order valence-corrected chi connectivity index (χ1v) is 8.46. The maximum absolute atomic E-state index is 4.68. The van der Waals surface area contributed by atoms with E-state index in [-0.39, 0.29) is 0 Å². The fourth-order valence-corrected chi connectivity index (χ4v) is 3.17. The summed E-state index contributed by atoms with van der Waals surface area (Å²) in [4.78, 5) is 16.1. The highest BCUT2D eigenvalue weighted by Gasteiger charge is 2.14. The molecule has 1 aliphatic heterocycles. The SMILES string of the molecule is Cc1cc(CNc2cnc3ccccc3n2)cc(N2CCCC2)n1. The van der Waals surface area contributed by atoms with Gasteiger partial charge in [0.1, 0.15) is 11.6 Å². The lowest BCUT2D eigenvalue weighted by Crippen LogP contribution is -2.19. The molecule has 0 bridgehead atoms. The molecule has 0 atom stereocenters. The van der Waals surface area contributed by atoms with E-state index in [2.05, 4.69) is 44.2 Å². The zero-order chi connectivity index (χ0) is 16.4.